The molecule has 1 atom stereocenters. The lowest BCUT2D eigenvalue weighted by atomic mass is 9.92. The molecule has 5 nitrogen and oxygen atoms in total. The zero-order valence-electron chi connectivity index (χ0n) is 15.9. The van der Waals surface area contributed by atoms with Crippen molar-refractivity contribution in [2.75, 3.05) is 13.7 Å². The molecule has 1 aliphatic heterocycles. The topological polar surface area (TPSA) is 55.8 Å². The largest absolute Gasteiger partial charge is 0.467 e. The van der Waals surface area contributed by atoms with Gasteiger partial charge in [-0.2, -0.15) is 0 Å². The highest BCUT2D eigenvalue weighted by Gasteiger charge is 2.45. The molecule has 1 aliphatic rings. The molecule has 1 amide bonds. The van der Waals surface area contributed by atoms with E-state index in [-0.39, 0.29) is 12.5 Å². The standard InChI is InChI=1S/C20H25Cl2NO4/c1-4-5-6-7-10-20(2,19(25)26-3)23-13-15(12-18(23)24)27-17-9-8-14(21)11-16(17)22/h8-9,11-12H,4-7,10,13H2,1-3H3. The Morgan fingerprint density at radius 3 is 2.63 bits per heavy atom. The van der Waals surface area contributed by atoms with E-state index in [2.05, 4.69) is 6.92 Å². The smallest absolute Gasteiger partial charge is 0.331 e. The minimum atomic E-state index is -1.04. The van der Waals surface area contributed by atoms with E-state index in [1.165, 1.54) is 18.1 Å². The van der Waals surface area contributed by atoms with Crippen molar-refractivity contribution >= 4 is 35.1 Å². The number of amides is 1. The van der Waals surface area contributed by atoms with Crippen LogP contribution in [-0.2, 0) is 14.3 Å². The number of hydrogen-bond acceptors (Lipinski definition) is 4. The van der Waals surface area contributed by atoms with Crippen LogP contribution in [0.1, 0.15) is 46.0 Å². The first-order valence-electron chi connectivity index (χ1n) is 9.05. The molecular formula is C20H25Cl2NO4. The van der Waals surface area contributed by atoms with Crippen molar-refractivity contribution in [3.63, 3.8) is 0 Å². The summed E-state index contributed by atoms with van der Waals surface area (Å²) in [6.07, 6.45) is 5.95. The van der Waals surface area contributed by atoms with Crippen molar-refractivity contribution in [1.29, 1.82) is 0 Å². The molecule has 0 aromatic heterocycles. The summed E-state index contributed by atoms with van der Waals surface area (Å²) in [4.78, 5) is 26.6. The van der Waals surface area contributed by atoms with Crippen LogP contribution in [0, 0.1) is 0 Å². The predicted molar refractivity (Wildman–Crippen MR) is 106 cm³/mol. The summed E-state index contributed by atoms with van der Waals surface area (Å²) < 4.78 is 10.8. The SMILES string of the molecule is CCCCCCC(C)(C(=O)OC)N1CC(Oc2ccc(Cl)cc2Cl)=CC1=O. The number of hydrogen-bond donors (Lipinski definition) is 0. The number of carbonyl (C=O) groups is 2. The van der Waals surface area contributed by atoms with Crippen LogP contribution < -0.4 is 4.74 Å². The maximum Gasteiger partial charge on any atom is 0.331 e. The van der Waals surface area contributed by atoms with Gasteiger partial charge in [-0.25, -0.2) is 4.79 Å². The third-order valence-corrected chi connectivity index (χ3v) is 5.27. The van der Waals surface area contributed by atoms with Crippen LogP contribution >= 0.6 is 23.2 Å². The molecular weight excluding hydrogens is 389 g/mol. The number of benzene rings is 1. The Kier molecular flexibility index (Phi) is 7.57. The molecule has 1 unspecified atom stereocenters. The number of halogens is 2. The Morgan fingerprint density at radius 1 is 1.26 bits per heavy atom. The highest BCUT2D eigenvalue weighted by atomic mass is 35.5. The van der Waals surface area contributed by atoms with Crippen molar-refractivity contribution < 1.29 is 19.1 Å². The van der Waals surface area contributed by atoms with Gasteiger partial charge in [0.15, 0.2) is 0 Å². The number of methoxy groups -OCH3 is 1. The molecule has 0 radical (unpaired) electrons. The van der Waals surface area contributed by atoms with Crippen molar-refractivity contribution in [2.24, 2.45) is 0 Å². The Bertz CT molecular complexity index is 735. The first kappa shape index (κ1) is 21.6. The first-order chi connectivity index (χ1) is 12.8. The second kappa shape index (κ2) is 9.47. The van der Waals surface area contributed by atoms with Gasteiger partial charge in [0, 0.05) is 11.1 Å². The summed E-state index contributed by atoms with van der Waals surface area (Å²) in [5.74, 6) is 0.127. The number of unbranched alkanes of at least 4 members (excludes halogenated alkanes) is 3. The molecule has 0 aliphatic carbocycles. The lowest BCUT2D eigenvalue weighted by Gasteiger charge is -2.36. The number of rotatable bonds is 9. The van der Waals surface area contributed by atoms with Crippen molar-refractivity contribution in [2.45, 2.75) is 51.5 Å². The summed E-state index contributed by atoms with van der Waals surface area (Å²) in [5, 5.41) is 0.848. The number of esters is 1. The van der Waals surface area contributed by atoms with Gasteiger partial charge in [0.05, 0.1) is 18.7 Å². The molecule has 1 aromatic carbocycles. The molecule has 0 N–H and O–H groups in total. The zero-order chi connectivity index (χ0) is 20.0. The van der Waals surface area contributed by atoms with E-state index in [9.17, 15) is 9.59 Å². The highest BCUT2D eigenvalue weighted by molar-refractivity contribution is 6.35. The van der Waals surface area contributed by atoms with Gasteiger partial charge in [-0.15, -0.1) is 0 Å². The number of ether oxygens (including phenoxy) is 2. The van der Waals surface area contributed by atoms with Crippen LogP contribution in [0.2, 0.25) is 10.0 Å². The van der Waals surface area contributed by atoms with E-state index < -0.39 is 11.5 Å². The average Bonchev–Trinajstić information content (AvgIpc) is 3.01. The van der Waals surface area contributed by atoms with E-state index in [1.54, 1.807) is 25.1 Å². The van der Waals surface area contributed by atoms with Crippen LogP contribution in [0.4, 0.5) is 0 Å². The van der Waals surface area contributed by atoms with Gasteiger partial charge < -0.3 is 14.4 Å². The second-order valence-corrected chi connectivity index (χ2v) is 7.63. The molecule has 0 spiro atoms. The normalized spacial score (nSPS) is 16.1. The monoisotopic (exact) mass is 413 g/mol. The molecule has 0 saturated carbocycles. The van der Waals surface area contributed by atoms with Gasteiger partial charge in [0.25, 0.3) is 5.91 Å². The van der Waals surface area contributed by atoms with Crippen LogP contribution in [0.3, 0.4) is 0 Å². The molecule has 148 valence electrons. The van der Waals surface area contributed by atoms with Crippen molar-refractivity contribution in [1.82, 2.24) is 4.90 Å². The number of carbonyl (C=O) groups excluding carboxylic acids is 2. The van der Waals surface area contributed by atoms with Crippen LogP contribution in [0.15, 0.2) is 30.0 Å². The summed E-state index contributed by atoms with van der Waals surface area (Å²) in [5.41, 5.74) is -1.04. The summed E-state index contributed by atoms with van der Waals surface area (Å²) >= 11 is 12.0. The molecule has 7 heteroatoms. The van der Waals surface area contributed by atoms with Gasteiger partial charge in [-0.1, -0.05) is 55.8 Å². The Hall–Kier alpha value is -1.72. The van der Waals surface area contributed by atoms with E-state index in [4.69, 9.17) is 32.7 Å². The van der Waals surface area contributed by atoms with Gasteiger partial charge in [0.1, 0.15) is 17.0 Å². The summed E-state index contributed by atoms with van der Waals surface area (Å²) in [7, 11) is 1.34. The quantitative estimate of drug-likeness (QED) is 0.422. The lowest BCUT2D eigenvalue weighted by Crippen LogP contribution is -2.54. The van der Waals surface area contributed by atoms with E-state index in [1.807, 2.05) is 0 Å². The molecule has 1 aromatic rings. The zero-order valence-corrected chi connectivity index (χ0v) is 17.4. The summed E-state index contributed by atoms with van der Waals surface area (Å²) in [6, 6.07) is 4.87. The Morgan fingerprint density at radius 2 is 2.00 bits per heavy atom. The highest BCUT2D eigenvalue weighted by Crippen LogP contribution is 2.33. The first-order valence-corrected chi connectivity index (χ1v) is 9.81. The minimum Gasteiger partial charge on any atom is -0.467 e. The van der Waals surface area contributed by atoms with E-state index in [0.29, 0.717) is 28.0 Å². The van der Waals surface area contributed by atoms with Crippen molar-refractivity contribution in [3.8, 4) is 5.75 Å². The Labute approximate surface area is 170 Å². The molecule has 0 fully saturated rings. The fourth-order valence-corrected chi connectivity index (χ4v) is 3.58. The minimum absolute atomic E-state index is 0.178. The molecule has 2 rings (SSSR count). The predicted octanol–water partition coefficient (Wildman–Crippen LogP) is 5.00. The van der Waals surface area contributed by atoms with Crippen molar-refractivity contribution in [3.05, 3.63) is 40.1 Å². The molecule has 0 saturated heterocycles. The average molecular weight is 414 g/mol. The maximum absolute atomic E-state index is 12.6. The van der Waals surface area contributed by atoms with Crippen LogP contribution in [-0.4, -0.2) is 36.0 Å². The fourth-order valence-electron chi connectivity index (χ4n) is 3.14. The van der Waals surface area contributed by atoms with Crippen LogP contribution in [0.25, 0.3) is 0 Å². The van der Waals surface area contributed by atoms with Gasteiger partial charge in [0.2, 0.25) is 0 Å². The van der Waals surface area contributed by atoms with E-state index in [0.717, 1.165) is 25.7 Å². The second-order valence-electron chi connectivity index (χ2n) is 6.79. The maximum atomic E-state index is 12.6. The summed E-state index contributed by atoms with van der Waals surface area (Å²) in [6.45, 7) is 4.05. The molecule has 1 heterocycles. The third-order valence-electron chi connectivity index (χ3n) is 4.74. The Balaban J connectivity index is 2.12. The molecule has 27 heavy (non-hydrogen) atoms. The van der Waals surface area contributed by atoms with Gasteiger partial charge in [-0.3, -0.25) is 4.79 Å². The third kappa shape index (κ3) is 5.17. The fraction of sp³-hybridized carbons (Fsp3) is 0.500. The van der Waals surface area contributed by atoms with Gasteiger partial charge in [-0.05, 0) is 31.5 Å². The number of nitrogens with zero attached hydrogens (tertiary/aromatic N) is 1. The lowest BCUT2D eigenvalue weighted by molar-refractivity contribution is -0.159. The van der Waals surface area contributed by atoms with Crippen LogP contribution in [0.5, 0.6) is 5.75 Å². The van der Waals surface area contributed by atoms with Gasteiger partial charge >= 0.3 is 5.97 Å². The van der Waals surface area contributed by atoms with E-state index >= 15 is 0 Å². The molecule has 0 bridgehead atoms.